The van der Waals surface area contributed by atoms with Crippen molar-refractivity contribution in [3.63, 3.8) is 0 Å². The molecule has 0 aromatic heterocycles. The molecule has 2 atom stereocenters. The third-order valence-electron chi connectivity index (χ3n) is 3.23. The van der Waals surface area contributed by atoms with Gasteiger partial charge in [-0.15, -0.1) is 0 Å². The van der Waals surface area contributed by atoms with Gasteiger partial charge in [-0.3, -0.25) is 0 Å². The van der Waals surface area contributed by atoms with E-state index in [1.807, 2.05) is 6.07 Å². The predicted octanol–water partition coefficient (Wildman–Crippen LogP) is 5.62. The highest BCUT2D eigenvalue weighted by Crippen LogP contribution is 2.28. The van der Waals surface area contributed by atoms with Crippen LogP contribution in [-0.4, -0.2) is 0 Å². The summed E-state index contributed by atoms with van der Waals surface area (Å²) in [6, 6.07) is 17.4. The Morgan fingerprint density at radius 1 is 0.895 bits per heavy atom. The maximum atomic E-state index is 3.63. The van der Waals surface area contributed by atoms with Crippen LogP contribution in [0.1, 0.15) is 37.1 Å². The van der Waals surface area contributed by atoms with Crippen LogP contribution in [0.25, 0.3) is 0 Å². The van der Waals surface area contributed by atoms with Crippen LogP contribution in [0.5, 0.6) is 0 Å². The van der Waals surface area contributed by atoms with Crippen LogP contribution in [0.2, 0.25) is 0 Å². The Morgan fingerprint density at radius 3 is 2.21 bits per heavy atom. The molecule has 3 heteroatoms. The Hall–Kier alpha value is -0.640. The van der Waals surface area contributed by atoms with Gasteiger partial charge in [0.1, 0.15) is 0 Å². The molecule has 0 fully saturated rings. The first-order valence-electron chi connectivity index (χ1n) is 6.34. The van der Waals surface area contributed by atoms with E-state index in [1.54, 1.807) is 0 Å². The van der Waals surface area contributed by atoms with E-state index in [1.165, 1.54) is 11.1 Å². The number of hydrogen-bond donors (Lipinski definition) is 1. The van der Waals surface area contributed by atoms with E-state index in [0.717, 1.165) is 8.95 Å². The van der Waals surface area contributed by atoms with Crippen molar-refractivity contribution in [1.29, 1.82) is 0 Å². The molecule has 0 bridgehead atoms. The topological polar surface area (TPSA) is 12.0 Å². The number of halogens is 2. The largest absolute Gasteiger partial charge is 0.304 e. The SMILES string of the molecule is CC(NC(C)c1ccc(Br)cc1Br)c1ccccc1. The van der Waals surface area contributed by atoms with Crippen LogP contribution in [0, 0.1) is 0 Å². The van der Waals surface area contributed by atoms with Gasteiger partial charge in [0.05, 0.1) is 0 Å². The van der Waals surface area contributed by atoms with Crippen molar-refractivity contribution in [1.82, 2.24) is 5.32 Å². The van der Waals surface area contributed by atoms with Crippen molar-refractivity contribution in [2.24, 2.45) is 0 Å². The molecule has 100 valence electrons. The molecular weight excluding hydrogens is 366 g/mol. The highest BCUT2D eigenvalue weighted by Gasteiger charge is 2.13. The third-order valence-corrected chi connectivity index (χ3v) is 4.41. The van der Waals surface area contributed by atoms with Crippen LogP contribution in [-0.2, 0) is 0 Å². The van der Waals surface area contributed by atoms with E-state index in [4.69, 9.17) is 0 Å². The summed E-state index contributed by atoms with van der Waals surface area (Å²) in [5, 5.41) is 3.63. The van der Waals surface area contributed by atoms with E-state index in [2.05, 4.69) is 93.5 Å². The highest BCUT2D eigenvalue weighted by atomic mass is 79.9. The van der Waals surface area contributed by atoms with Gasteiger partial charge in [0.25, 0.3) is 0 Å². The second-order valence-electron chi connectivity index (χ2n) is 4.69. The molecule has 0 aliphatic carbocycles. The first-order chi connectivity index (χ1) is 9.08. The monoisotopic (exact) mass is 381 g/mol. The van der Waals surface area contributed by atoms with Crippen molar-refractivity contribution in [3.05, 3.63) is 68.6 Å². The minimum absolute atomic E-state index is 0.290. The summed E-state index contributed by atoms with van der Waals surface area (Å²) in [5.41, 5.74) is 2.58. The van der Waals surface area contributed by atoms with Gasteiger partial charge < -0.3 is 5.32 Å². The lowest BCUT2D eigenvalue weighted by Crippen LogP contribution is -2.22. The second kappa shape index (κ2) is 6.69. The Bertz CT molecular complexity index is 540. The van der Waals surface area contributed by atoms with Crippen molar-refractivity contribution < 1.29 is 0 Å². The summed E-state index contributed by atoms with van der Waals surface area (Å²) in [5.74, 6) is 0. The Kier molecular flexibility index (Phi) is 5.20. The molecule has 0 saturated heterocycles. The van der Waals surface area contributed by atoms with Gasteiger partial charge in [-0.25, -0.2) is 0 Å². The Morgan fingerprint density at radius 2 is 1.58 bits per heavy atom. The maximum absolute atomic E-state index is 3.63. The predicted molar refractivity (Wildman–Crippen MR) is 88.2 cm³/mol. The zero-order chi connectivity index (χ0) is 13.8. The lowest BCUT2D eigenvalue weighted by molar-refractivity contribution is 0.493. The van der Waals surface area contributed by atoms with Crippen LogP contribution in [0.4, 0.5) is 0 Å². The summed E-state index contributed by atoms with van der Waals surface area (Å²) in [4.78, 5) is 0. The average molecular weight is 383 g/mol. The first-order valence-corrected chi connectivity index (χ1v) is 7.92. The van der Waals surface area contributed by atoms with Gasteiger partial charge in [0.2, 0.25) is 0 Å². The zero-order valence-corrected chi connectivity index (χ0v) is 14.2. The quantitative estimate of drug-likeness (QED) is 0.723. The lowest BCUT2D eigenvalue weighted by Gasteiger charge is -2.21. The molecule has 0 aliphatic heterocycles. The molecule has 2 rings (SSSR count). The molecule has 2 aromatic rings. The van der Waals surface area contributed by atoms with E-state index in [9.17, 15) is 0 Å². The molecule has 19 heavy (non-hydrogen) atoms. The standard InChI is InChI=1S/C16H17Br2N/c1-11(13-6-4-3-5-7-13)19-12(2)15-9-8-14(17)10-16(15)18/h3-12,19H,1-2H3. The molecule has 0 saturated carbocycles. The van der Waals surface area contributed by atoms with Crippen molar-refractivity contribution in [2.45, 2.75) is 25.9 Å². The number of nitrogens with one attached hydrogen (secondary N) is 1. The third kappa shape index (κ3) is 3.91. The smallest absolute Gasteiger partial charge is 0.0308 e. The molecule has 0 radical (unpaired) electrons. The summed E-state index contributed by atoms with van der Waals surface area (Å²) >= 11 is 7.11. The molecule has 1 N–H and O–H groups in total. The maximum Gasteiger partial charge on any atom is 0.0308 e. The van der Waals surface area contributed by atoms with Crippen LogP contribution in [0.3, 0.4) is 0 Å². The van der Waals surface area contributed by atoms with Crippen LogP contribution in [0.15, 0.2) is 57.5 Å². The number of hydrogen-bond acceptors (Lipinski definition) is 1. The van der Waals surface area contributed by atoms with E-state index in [-0.39, 0.29) is 6.04 Å². The number of benzene rings is 2. The second-order valence-corrected chi connectivity index (χ2v) is 6.46. The summed E-state index contributed by atoms with van der Waals surface area (Å²) in [6.07, 6.45) is 0. The van der Waals surface area contributed by atoms with E-state index in [0.29, 0.717) is 6.04 Å². The molecular formula is C16H17Br2N. The fraction of sp³-hybridized carbons (Fsp3) is 0.250. The van der Waals surface area contributed by atoms with Crippen LogP contribution < -0.4 is 5.32 Å². The average Bonchev–Trinajstić information content (AvgIpc) is 2.39. The molecule has 0 heterocycles. The number of rotatable bonds is 4. The van der Waals surface area contributed by atoms with Crippen molar-refractivity contribution in [3.8, 4) is 0 Å². The minimum atomic E-state index is 0.290. The minimum Gasteiger partial charge on any atom is -0.304 e. The van der Waals surface area contributed by atoms with Gasteiger partial charge >= 0.3 is 0 Å². The van der Waals surface area contributed by atoms with Gasteiger partial charge in [0, 0.05) is 21.0 Å². The van der Waals surface area contributed by atoms with Gasteiger partial charge in [-0.05, 0) is 37.1 Å². The fourth-order valence-electron chi connectivity index (χ4n) is 2.16. The highest BCUT2D eigenvalue weighted by molar-refractivity contribution is 9.11. The van der Waals surface area contributed by atoms with Crippen LogP contribution >= 0.6 is 31.9 Å². The first kappa shape index (κ1) is 14.8. The zero-order valence-electron chi connectivity index (χ0n) is 11.0. The fourth-order valence-corrected chi connectivity index (χ4v) is 3.55. The van der Waals surface area contributed by atoms with E-state index >= 15 is 0 Å². The van der Waals surface area contributed by atoms with E-state index < -0.39 is 0 Å². The van der Waals surface area contributed by atoms with Crippen molar-refractivity contribution in [2.75, 3.05) is 0 Å². The van der Waals surface area contributed by atoms with Gasteiger partial charge in [-0.2, -0.15) is 0 Å². The lowest BCUT2D eigenvalue weighted by atomic mass is 10.0. The normalized spacial score (nSPS) is 14.1. The van der Waals surface area contributed by atoms with Crippen molar-refractivity contribution >= 4 is 31.9 Å². The summed E-state index contributed by atoms with van der Waals surface area (Å²) < 4.78 is 2.22. The molecule has 0 amide bonds. The molecule has 0 spiro atoms. The molecule has 0 aliphatic rings. The summed E-state index contributed by atoms with van der Waals surface area (Å²) in [7, 11) is 0. The molecule has 2 unspecified atom stereocenters. The molecule has 2 aromatic carbocycles. The summed E-state index contributed by atoms with van der Waals surface area (Å²) in [6.45, 7) is 4.38. The molecule has 1 nitrogen and oxygen atoms in total. The Balaban J connectivity index is 2.10. The van der Waals surface area contributed by atoms with Gasteiger partial charge in [0.15, 0.2) is 0 Å². The van der Waals surface area contributed by atoms with Gasteiger partial charge in [-0.1, -0.05) is 68.3 Å². The Labute approximate surface area is 131 Å².